The summed E-state index contributed by atoms with van der Waals surface area (Å²) in [5.41, 5.74) is 2.56. The van der Waals surface area contributed by atoms with Crippen LogP contribution in [0.2, 0.25) is 5.02 Å². The van der Waals surface area contributed by atoms with Crippen molar-refractivity contribution in [2.24, 2.45) is 0 Å². The van der Waals surface area contributed by atoms with Crippen LogP contribution in [0.1, 0.15) is 29.7 Å². The Labute approximate surface area is 195 Å². The molecule has 31 heavy (non-hydrogen) atoms. The normalized spacial score (nSPS) is 17.3. The number of hydrogen-bond acceptors (Lipinski definition) is 6. The second kappa shape index (κ2) is 9.53. The van der Waals surface area contributed by atoms with Crippen molar-refractivity contribution < 1.29 is 0 Å². The zero-order valence-electron chi connectivity index (χ0n) is 17.5. The molecule has 1 fully saturated rings. The molecule has 1 aliphatic carbocycles. The minimum absolute atomic E-state index is 0.0465. The van der Waals surface area contributed by atoms with Gasteiger partial charge < -0.3 is 9.88 Å². The molecule has 164 valence electrons. The number of halogens is 1. The third kappa shape index (κ3) is 4.80. The van der Waals surface area contributed by atoms with Crippen molar-refractivity contribution >= 4 is 50.6 Å². The van der Waals surface area contributed by atoms with Crippen LogP contribution in [0.4, 0.5) is 5.69 Å². The van der Waals surface area contributed by atoms with Gasteiger partial charge in [0.15, 0.2) is 5.16 Å². The molecule has 1 aromatic carbocycles. The fourth-order valence-corrected chi connectivity index (χ4v) is 6.78. The minimum atomic E-state index is 0.0465. The quantitative estimate of drug-likeness (QED) is 0.315. The molecule has 1 saturated heterocycles. The van der Waals surface area contributed by atoms with Gasteiger partial charge in [-0.15, -0.1) is 11.3 Å². The van der Waals surface area contributed by atoms with Crippen LogP contribution >= 0.6 is 34.7 Å². The summed E-state index contributed by atoms with van der Waals surface area (Å²) in [6, 6.07) is 8.12. The van der Waals surface area contributed by atoms with Crippen LogP contribution in [0.15, 0.2) is 34.2 Å². The molecule has 0 atom stereocenters. The van der Waals surface area contributed by atoms with Crippen molar-refractivity contribution in [3.63, 3.8) is 0 Å². The van der Waals surface area contributed by atoms with Crippen molar-refractivity contribution in [3.8, 4) is 0 Å². The number of aryl methyl sites for hydroxylation is 2. The monoisotopic (exact) mass is 474 g/mol. The van der Waals surface area contributed by atoms with Gasteiger partial charge in [-0.25, -0.2) is 4.98 Å². The lowest BCUT2D eigenvalue weighted by molar-refractivity contribution is 0.259. The number of fused-ring (bicyclic) bond motifs is 3. The molecule has 0 saturated carbocycles. The number of piperazine rings is 1. The van der Waals surface area contributed by atoms with Gasteiger partial charge in [-0.05, 0) is 68.5 Å². The summed E-state index contributed by atoms with van der Waals surface area (Å²) in [5, 5.41) is 2.40. The van der Waals surface area contributed by atoms with Gasteiger partial charge in [0.05, 0.1) is 5.39 Å². The summed E-state index contributed by atoms with van der Waals surface area (Å²) in [4.78, 5) is 27.7. The number of thiophene rings is 1. The topological polar surface area (TPSA) is 52.2 Å². The largest absolute Gasteiger partial charge is 0.369 e. The average molecular weight is 475 g/mol. The number of nitrogens with zero attached hydrogens (tertiary/aromatic N) is 3. The fraction of sp³-hybridized carbons (Fsp3) is 0.478. The third-order valence-electron chi connectivity index (χ3n) is 6.22. The Morgan fingerprint density at radius 2 is 1.87 bits per heavy atom. The Bertz CT molecular complexity index is 1100. The highest BCUT2D eigenvalue weighted by Gasteiger charge is 2.20. The van der Waals surface area contributed by atoms with E-state index in [0.29, 0.717) is 0 Å². The van der Waals surface area contributed by atoms with Crippen LogP contribution in [-0.4, -0.2) is 53.3 Å². The standard InChI is InChI=1S/C23H27ClN4OS2/c24-16-6-8-17(9-7-16)28-13-11-27(12-14-28)10-3-15-30-23-25-21(29)20-18-4-1-2-5-19(18)31-22(20)26-23/h6-9H,1-5,10-15H2,(H,25,26,29). The summed E-state index contributed by atoms with van der Waals surface area (Å²) < 4.78 is 0. The molecule has 5 rings (SSSR count). The zero-order valence-corrected chi connectivity index (χ0v) is 19.9. The van der Waals surface area contributed by atoms with Crippen LogP contribution < -0.4 is 10.5 Å². The van der Waals surface area contributed by atoms with Gasteiger partial charge in [0.2, 0.25) is 0 Å². The van der Waals surface area contributed by atoms with E-state index in [1.807, 2.05) is 12.1 Å². The van der Waals surface area contributed by atoms with E-state index in [9.17, 15) is 4.79 Å². The molecule has 3 aromatic rings. The molecule has 0 amide bonds. The van der Waals surface area contributed by atoms with E-state index >= 15 is 0 Å². The van der Waals surface area contributed by atoms with Gasteiger partial charge in [-0.3, -0.25) is 9.69 Å². The molecule has 8 heteroatoms. The number of rotatable bonds is 6. The molecule has 1 aliphatic heterocycles. The van der Waals surface area contributed by atoms with Crippen molar-refractivity contribution in [3.05, 3.63) is 50.1 Å². The number of nitrogens with one attached hydrogen (secondary N) is 1. The summed E-state index contributed by atoms with van der Waals surface area (Å²) in [7, 11) is 0. The molecule has 5 nitrogen and oxygen atoms in total. The second-order valence-corrected chi connectivity index (χ2v) is 10.9. The lowest BCUT2D eigenvalue weighted by Crippen LogP contribution is -2.46. The van der Waals surface area contributed by atoms with E-state index < -0.39 is 0 Å². The summed E-state index contributed by atoms with van der Waals surface area (Å²) >= 11 is 9.40. The Morgan fingerprint density at radius 1 is 1.10 bits per heavy atom. The SMILES string of the molecule is O=c1[nH]c(SCCCN2CCN(c3ccc(Cl)cc3)CC2)nc2sc3c(c12)CCCC3. The molecular weight excluding hydrogens is 448 g/mol. The van der Waals surface area contributed by atoms with Gasteiger partial charge >= 0.3 is 0 Å². The van der Waals surface area contributed by atoms with Crippen LogP contribution in [0.5, 0.6) is 0 Å². The molecule has 0 bridgehead atoms. The first-order valence-corrected chi connectivity index (χ1v) is 13.3. The maximum Gasteiger partial charge on any atom is 0.260 e. The number of aromatic amines is 1. The summed E-state index contributed by atoms with van der Waals surface area (Å²) in [6.07, 6.45) is 5.63. The van der Waals surface area contributed by atoms with Gasteiger partial charge in [0, 0.05) is 47.5 Å². The van der Waals surface area contributed by atoms with E-state index in [-0.39, 0.29) is 5.56 Å². The summed E-state index contributed by atoms with van der Waals surface area (Å²) in [6.45, 7) is 5.33. The Hall–Kier alpha value is -1.54. The highest BCUT2D eigenvalue weighted by atomic mass is 35.5. The van der Waals surface area contributed by atoms with Gasteiger partial charge in [0.25, 0.3) is 5.56 Å². The zero-order chi connectivity index (χ0) is 21.2. The van der Waals surface area contributed by atoms with Crippen molar-refractivity contribution in [1.82, 2.24) is 14.9 Å². The number of hydrogen-bond donors (Lipinski definition) is 1. The van der Waals surface area contributed by atoms with Crippen LogP contribution in [0.3, 0.4) is 0 Å². The average Bonchev–Trinajstić information content (AvgIpc) is 3.17. The fourth-order valence-electron chi connectivity index (χ4n) is 4.55. The van der Waals surface area contributed by atoms with Gasteiger partial charge in [-0.2, -0.15) is 0 Å². The molecule has 0 unspecified atom stereocenters. The van der Waals surface area contributed by atoms with E-state index in [4.69, 9.17) is 16.6 Å². The lowest BCUT2D eigenvalue weighted by atomic mass is 9.97. The lowest BCUT2D eigenvalue weighted by Gasteiger charge is -2.36. The number of benzene rings is 1. The van der Waals surface area contributed by atoms with Crippen molar-refractivity contribution in [2.45, 2.75) is 37.3 Å². The highest BCUT2D eigenvalue weighted by Crippen LogP contribution is 2.34. The first-order chi connectivity index (χ1) is 15.2. The maximum atomic E-state index is 12.7. The van der Waals surface area contributed by atoms with E-state index in [1.54, 1.807) is 23.1 Å². The second-order valence-electron chi connectivity index (χ2n) is 8.27. The van der Waals surface area contributed by atoms with Crippen molar-refractivity contribution in [1.29, 1.82) is 0 Å². The molecule has 0 radical (unpaired) electrons. The first-order valence-electron chi connectivity index (χ1n) is 11.1. The molecular formula is C23H27ClN4OS2. The van der Waals surface area contributed by atoms with Gasteiger partial charge in [-0.1, -0.05) is 23.4 Å². The number of anilines is 1. The van der Waals surface area contributed by atoms with Crippen molar-refractivity contribution in [2.75, 3.05) is 43.4 Å². The van der Waals surface area contributed by atoms with Crippen LogP contribution in [-0.2, 0) is 12.8 Å². The molecule has 1 N–H and O–H groups in total. The minimum Gasteiger partial charge on any atom is -0.369 e. The maximum absolute atomic E-state index is 12.7. The molecule has 2 aromatic heterocycles. The Morgan fingerprint density at radius 3 is 2.68 bits per heavy atom. The van der Waals surface area contributed by atoms with Crippen LogP contribution in [0, 0.1) is 0 Å². The number of H-pyrrole nitrogens is 1. The molecule has 3 heterocycles. The highest BCUT2D eigenvalue weighted by molar-refractivity contribution is 7.99. The predicted octanol–water partition coefficient (Wildman–Crippen LogP) is 4.82. The Balaban J connectivity index is 1.11. The van der Waals surface area contributed by atoms with E-state index in [0.717, 1.165) is 78.1 Å². The van der Waals surface area contributed by atoms with Crippen LogP contribution in [0.25, 0.3) is 10.2 Å². The van der Waals surface area contributed by atoms with E-state index in [2.05, 4.69) is 26.9 Å². The summed E-state index contributed by atoms with van der Waals surface area (Å²) in [5.74, 6) is 0.969. The Kier molecular flexibility index (Phi) is 6.55. The third-order valence-corrected chi connectivity index (χ3v) is 8.62. The van der Waals surface area contributed by atoms with E-state index in [1.165, 1.54) is 29.0 Å². The first kappa shape index (κ1) is 21.3. The van der Waals surface area contributed by atoms with Gasteiger partial charge in [0.1, 0.15) is 4.83 Å². The smallest absolute Gasteiger partial charge is 0.260 e. The number of thioether (sulfide) groups is 1. The molecule has 2 aliphatic rings. The number of aromatic nitrogens is 2. The predicted molar refractivity (Wildman–Crippen MR) is 132 cm³/mol. The molecule has 0 spiro atoms.